The Kier molecular flexibility index (Phi) is 8.70. The normalized spacial score (nSPS) is 12.8. The van der Waals surface area contributed by atoms with Crippen LogP contribution in [0, 0.1) is 0 Å². The van der Waals surface area contributed by atoms with Crippen LogP contribution in [0.25, 0.3) is 33.6 Å². The number of benzene rings is 9. The Labute approximate surface area is 382 Å². The number of ether oxygens (including phenoxy) is 3. The molecule has 9 aromatic carbocycles. The van der Waals surface area contributed by atoms with Gasteiger partial charge in [-0.2, -0.15) is 0 Å². The summed E-state index contributed by atoms with van der Waals surface area (Å²) in [6, 6.07) is 79.5. The molecule has 4 heterocycles. The van der Waals surface area contributed by atoms with Gasteiger partial charge in [-0.15, -0.1) is 0 Å². The Hall–Kier alpha value is -9.07. The molecule has 1 aromatic heterocycles. The van der Waals surface area contributed by atoms with E-state index in [0.717, 1.165) is 119 Å². The summed E-state index contributed by atoms with van der Waals surface area (Å²) in [5.41, 5.74) is 14.3. The molecule has 0 aliphatic carbocycles. The molecule has 0 unspecified atom stereocenters. The van der Waals surface area contributed by atoms with Crippen molar-refractivity contribution in [2.45, 2.75) is 0 Å². The highest BCUT2D eigenvalue weighted by Crippen LogP contribution is 2.62. The van der Waals surface area contributed by atoms with E-state index in [4.69, 9.17) is 19.2 Å². The molecule has 0 saturated carbocycles. The second-order valence-electron chi connectivity index (χ2n) is 16.3. The Morgan fingerprint density at radius 3 is 0.955 bits per heavy atom. The molecule has 0 spiro atoms. The Balaban J connectivity index is 1.12. The smallest absolute Gasteiger partial charge is 0.151 e. The molecule has 0 N–H and O–H groups in total. The van der Waals surface area contributed by atoms with Crippen LogP contribution in [-0.2, 0) is 0 Å². The molecular weight excluding hydrogens is 813 g/mol. The molecular formula is C59H38N4O3. The van der Waals surface area contributed by atoms with Crippen molar-refractivity contribution in [1.82, 2.24) is 4.98 Å². The SMILES string of the molecule is c1ccc(-c2cccc(-c3ccc(-c4cc(N5c6ccccc6Oc6ccccc65)c(N5c6ccccc6Oc6ccccc65)c(N5c6ccccc6Oc6ccccc65)c4)cc3)n2)cc1. The molecule has 0 radical (unpaired) electrons. The molecule has 0 saturated heterocycles. The molecule has 3 aliphatic rings. The second-order valence-corrected chi connectivity index (χ2v) is 16.3. The van der Waals surface area contributed by atoms with Gasteiger partial charge in [0.25, 0.3) is 0 Å². The number of pyridine rings is 1. The van der Waals surface area contributed by atoms with E-state index in [9.17, 15) is 0 Å². The summed E-state index contributed by atoms with van der Waals surface area (Å²) >= 11 is 0. The van der Waals surface area contributed by atoms with Crippen LogP contribution in [-0.4, -0.2) is 4.98 Å². The number of aromatic nitrogens is 1. The molecule has 10 aromatic rings. The molecule has 7 heteroatoms. The maximum absolute atomic E-state index is 6.68. The van der Waals surface area contributed by atoms with Crippen LogP contribution in [0.5, 0.6) is 34.5 Å². The van der Waals surface area contributed by atoms with Gasteiger partial charge in [0.05, 0.1) is 62.6 Å². The van der Waals surface area contributed by atoms with Crippen molar-refractivity contribution < 1.29 is 14.2 Å². The minimum atomic E-state index is 0.753. The van der Waals surface area contributed by atoms with Gasteiger partial charge < -0.3 is 24.0 Å². The molecule has 0 bridgehead atoms. The number of anilines is 9. The van der Waals surface area contributed by atoms with E-state index >= 15 is 0 Å². The lowest BCUT2D eigenvalue weighted by Gasteiger charge is -2.42. The van der Waals surface area contributed by atoms with E-state index in [2.05, 4.69) is 154 Å². The average Bonchev–Trinajstić information content (AvgIpc) is 3.39. The van der Waals surface area contributed by atoms with E-state index in [-0.39, 0.29) is 0 Å². The van der Waals surface area contributed by atoms with Gasteiger partial charge in [-0.05, 0) is 108 Å². The van der Waals surface area contributed by atoms with E-state index < -0.39 is 0 Å². The van der Waals surface area contributed by atoms with Gasteiger partial charge in [-0.25, -0.2) is 4.98 Å². The number of nitrogens with zero attached hydrogens (tertiary/aromatic N) is 4. The van der Waals surface area contributed by atoms with Gasteiger partial charge in [0.2, 0.25) is 0 Å². The molecule has 66 heavy (non-hydrogen) atoms. The highest BCUT2D eigenvalue weighted by atomic mass is 16.5. The number of hydrogen-bond donors (Lipinski definition) is 0. The largest absolute Gasteiger partial charge is 0.453 e. The molecule has 13 rings (SSSR count). The van der Waals surface area contributed by atoms with Crippen molar-refractivity contribution in [1.29, 1.82) is 0 Å². The van der Waals surface area contributed by atoms with Crippen LogP contribution in [0.2, 0.25) is 0 Å². The van der Waals surface area contributed by atoms with E-state index in [1.165, 1.54) is 0 Å². The fourth-order valence-electron chi connectivity index (χ4n) is 9.41. The van der Waals surface area contributed by atoms with Gasteiger partial charge in [-0.3, -0.25) is 4.90 Å². The van der Waals surface area contributed by atoms with Crippen LogP contribution in [0.4, 0.5) is 51.2 Å². The fourth-order valence-corrected chi connectivity index (χ4v) is 9.41. The minimum Gasteiger partial charge on any atom is -0.453 e. The van der Waals surface area contributed by atoms with Gasteiger partial charge in [-0.1, -0.05) is 133 Å². The van der Waals surface area contributed by atoms with Gasteiger partial charge in [0.1, 0.15) is 0 Å². The predicted molar refractivity (Wildman–Crippen MR) is 265 cm³/mol. The lowest BCUT2D eigenvalue weighted by atomic mass is 9.96. The van der Waals surface area contributed by atoms with Crippen LogP contribution in [0.15, 0.2) is 231 Å². The van der Waals surface area contributed by atoms with Crippen LogP contribution >= 0.6 is 0 Å². The Morgan fingerprint density at radius 1 is 0.242 bits per heavy atom. The first-order chi connectivity index (χ1) is 32.7. The minimum absolute atomic E-state index is 0.753. The Morgan fingerprint density at radius 2 is 0.561 bits per heavy atom. The van der Waals surface area contributed by atoms with E-state index in [0.29, 0.717) is 0 Å². The van der Waals surface area contributed by atoms with Crippen molar-refractivity contribution in [2.75, 3.05) is 14.7 Å². The van der Waals surface area contributed by atoms with Crippen LogP contribution in [0.1, 0.15) is 0 Å². The number of rotatable bonds is 6. The van der Waals surface area contributed by atoms with Crippen molar-refractivity contribution in [2.24, 2.45) is 0 Å². The van der Waals surface area contributed by atoms with Crippen molar-refractivity contribution in [3.05, 3.63) is 231 Å². The summed E-state index contributed by atoms with van der Waals surface area (Å²) in [4.78, 5) is 12.2. The lowest BCUT2D eigenvalue weighted by Crippen LogP contribution is -2.25. The van der Waals surface area contributed by atoms with Gasteiger partial charge in [0, 0.05) is 11.1 Å². The summed E-state index contributed by atoms with van der Waals surface area (Å²) in [5, 5.41) is 0. The number of hydrogen-bond acceptors (Lipinski definition) is 7. The highest BCUT2D eigenvalue weighted by Gasteiger charge is 2.38. The topological polar surface area (TPSA) is 50.3 Å². The first-order valence-corrected chi connectivity index (χ1v) is 22.0. The summed E-state index contributed by atoms with van der Waals surface area (Å²) in [6.45, 7) is 0. The standard InChI is InChI=1S/C59H38N4O3/c1-2-17-40(18-3-1)43-19-16-20-44(60-43)41-35-33-39(34-36-41)42-37-51(61-45-21-4-10-27-53(45)64-54-28-11-5-22-46(54)61)59(63-49-25-8-14-31-57(49)66-58-32-15-9-26-50(58)63)52(38-42)62-47-23-6-12-29-55(47)65-56-30-13-7-24-48(56)62/h1-38H. The quantitative estimate of drug-likeness (QED) is 0.165. The first kappa shape index (κ1) is 37.5. The zero-order valence-electron chi connectivity index (χ0n) is 35.5. The first-order valence-electron chi connectivity index (χ1n) is 22.0. The summed E-state index contributed by atoms with van der Waals surface area (Å²) in [5.74, 6) is 4.54. The van der Waals surface area contributed by atoms with Crippen LogP contribution in [0.3, 0.4) is 0 Å². The summed E-state index contributed by atoms with van der Waals surface area (Å²) in [7, 11) is 0. The summed E-state index contributed by atoms with van der Waals surface area (Å²) in [6.07, 6.45) is 0. The van der Waals surface area contributed by atoms with E-state index in [1.54, 1.807) is 0 Å². The predicted octanol–water partition coefficient (Wildman–Crippen LogP) is 16.8. The molecule has 3 aliphatic heterocycles. The lowest BCUT2D eigenvalue weighted by molar-refractivity contribution is 0.475. The maximum atomic E-state index is 6.68. The van der Waals surface area contributed by atoms with Crippen molar-refractivity contribution in [3.63, 3.8) is 0 Å². The molecule has 0 atom stereocenters. The van der Waals surface area contributed by atoms with Gasteiger partial charge >= 0.3 is 0 Å². The average molecular weight is 851 g/mol. The summed E-state index contributed by atoms with van der Waals surface area (Å²) < 4.78 is 20.0. The fraction of sp³-hybridized carbons (Fsp3) is 0. The zero-order chi connectivity index (χ0) is 43.6. The zero-order valence-corrected chi connectivity index (χ0v) is 35.5. The van der Waals surface area contributed by atoms with E-state index in [1.807, 2.05) is 91.0 Å². The molecule has 7 nitrogen and oxygen atoms in total. The Bertz CT molecular complexity index is 3250. The van der Waals surface area contributed by atoms with Crippen molar-refractivity contribution in [3.8, 4) is 68.1 Å². The second kappa shape index (κ2) is 15.3. The van der Waals surface area contributed by atoms with Crippen LogP contribution < -0.4 is 28.9 Å². The molecule has 312 valence electrons. The van der Waals surface area contributed by atoms with Gasteiger partial charge in [0.15, 0.2) is 34.5 Å². The monoisotopic (exact) mass is 850 g/mol. The third-order valence-electron chi connectivity index (χ3n) is 12.4. The van der Waals surface area contributed by atoms with Crippen molar-refractivity contribution >= 4 is 51.2 Å². The number of para-hydroxylation sites is 12. The maximum Gasteiger partial charge on any atom is 0.151 e. The third-order valence-corrected chi connectivity index (χ3v) is 12.4. The highest BCUT2D eigenvalue weighted by molar-refractivity contribution is 6.07. The third kappa shape index (κ3) is 6.17. The molecule has 0 amide bonds. The number of fused-ring (bicyclic) bond motifs is 6. The molecule has 0 fully saturated rings.